The summed E-state index contributed by atoms with van der Waals surface area (Å²) < 4.78 is 7.66. The van der Waals surface area contributed by atoms with Crippen LogP contribution in [-0.4, -0.2) is 38.9 Å². The molecule has 0 unspecified atom stereocenters. The quantitative estimate of drug-likeness (QED) is 0.558. The van der Waals surface area contributed by atoms with Crippen molar-refractivity contribution in [3.8, 4) is 17.2 Å². The van der Waals surface area contributed by atoms with Gasteiger partial charge >= 0.3 is 0 Å². The summed E-state index contributed by atoms with van der Waals surface area (Å²) in [6.45, 7) is 4.38. The Balaban J connectivity index is 1.50. The molecular formula is C24H22N2O4S. The number of aromatic hydroxyl groups is 1. The normalized spacial score (nSPS) is 15.2. The average Bonchev–Trinajstić information content (AvgIpc) is 3.19. The van der Waals surface area contributed by atoms with E-state index in [1.165, 1.54) is 4.90 Å². The standard InChI is InChI=1S/C24H22N2O4S/c1-16-14-18(17(2)26(16)19-8-10-20(27)11-9-19)15-22-23(28)25(24(29)31-22)12-13-30-21-6-4-3-5-7-21/h3-11,14-15,27H,12-13H2,1-2H3/b22-15-. The largest absolute Gasteiger partial charge is 0.508 e. The lowest BCUT2D eigenvalue weighted by molar-refractivity contribution is -0.123. The molecule has 1 N–H and O–H groups in total. The lowest BCUT2D eigenvalue weighted by Crippen LogP contribution is -2.32. The second-order valence-electron chi connectivity index (χ2n) is 7.17. The fourth-order valence-electron chi connectivity index (χ4n) is 3.54. The van der Waals surface area contributed by atoms with Gasteiger partial charge in [-0.2, -0.15) is 0 Å². The Hall–Kier alpha value is -3.45. The molecule has 4 rings (SSSR count). The number of para-hydroxylation sites is 1. The van der Waals surface area contributed by atoms with E-state index in [1.807, 2.05) is 66.9 Å². The molecule has 1 aromatic heterocycles. The van der Waals surface area contributed by atoms with Crippen molar-refractivity contribution in [1.82, 2.24) is 9.47 Å². The monoisotopic (exact) mass is 434 g/mol. The summed E-state index contributed by atoms with van der Waals surface area (Å²) in [4.78, 5) is 26.8. The van der Waals surface area contributed by atoms with Gasteiger partial charge in [0.15, 0.2) is 0 Å². The van der Waals surface area contributed by atoms with Gasteiger partial charge in [0, 0.05) is 17.1 Å². The first-order valence-corrected chi connectivity index (χ1v) is 10.7. The van der Waals surface area contributed by atoms with Crippen LogP contribution in [0.2, 0.25) is 0 Å². The molecule has 0 aliphatic carbocycles. The van der Waals surface area contributed by atoms with Gasteiger partial charge in [-0.3, -0.25) is 14.5 Å². The van der Waals surface area contributed by atoms with Crippen LogP contribution in [0.1, 0.15) is 17.0 Å². The molecule has 1 aliphatic heterocycles. The molecule has 0 saturated carbocycles. The highest BCUT2D eigenvalue weighted by molar-refractivity contribution is 8.18. The number of thioether (sulfide) groups is 1. The predicted molar refractivity (Wildman–Crippen MR) is 122 cm³/mol. The summed E-state index contributed by atoms with van der Waals surface area (Å²) in [5.74, 6) is 0.601. The molecule has 7 heteroatoms. The van der Waals surface area contributed by atoms with E-state index in [0.717, 1.165) is 34.4 Å². The number of phenols is 1. The van der Waals surface area contributed by atoms with E-state index < -0.39 is 0 Å². The molecule has 0 spiro atoms. The summed E-state index contributed by atoms with van der Waals surface area (Å²) >= 11 is 0.945. The van der Waals surface area contributed by atoms with Gasteiger partial charge in [0.1, 0.15) is 18.1 Å². The molecule has 1 fully saturated rings. The number of aromatic nitrogens is 1. The highest BCUT2D eigenvalue weighted by Gasteiger charge is 2.35. The lowest BCUT2D eigenvalue weighted by Gasteiger charge is -2.13. The molecule has 31 heavy (non-hydrogen) atoms. The fourth-order valence-corrected chi connectivity index (χ4v) is 4.39. The molecule has 0 bridgehead atoms. The van der Waals surface area contributed by atoms with Gasteiger partial charge in [-0.1, -0.05) is 18.2 Å². The number of nitrogens with zero attached hydrogens (tertiary/aromatic N) is 2. The van der Waals surface area contributed by atoms with Crippen LogP contribution in [-0.2, 0) is 4.79 Å². The third-order valence-corrected chi connectivity index (χ3v) is 5.97. The molecule has 1 aliphatic rings. The predicted octanol–water partition coefficient (Wildman–Crippen LogP) is 4.92. The fraction of sp³-hybridized carbons (Fsp3) is 0.167. The first-order valence-electron chi connectivity index (χ1n) is 9.85. The highest BCUT2D eigenvalue weighted by atomic mass is 32.2. The third kappa shape index (κ3) is 4.36. The summed E-state index contributed by atoms with van der Waals surface area (Å²) in [5, 5.41) is 9.25. The van der Waals surface area contributed by atoms with Crippen LogP contribution in [0, 0.1) is 13.8 Å². The van der Waals surface area contributed by atoms with Crippen LogP contribution in [0.15, 0.2) is 65.6 Å². The Morgan fingerprint density at radius 2 is 1.74 bits per heavy atom. The van der Waals surface area contributed by atoms with E-state index in [0.29, 0.717) is 10.7 Å². The van der Waals surface area contributed by atoms with E-state index in [9.17, 15) is 14.7 Å². The Bertz CT molecular complexity index is 1150. The maximum Gasteiger partial charge on any atom is 0.293 e. The number of imide groups is 1. The van der Waals surface area contributed by atoms with Crippen LogP contribution in [0.25, 0.3) is 11.8 Å². The van der Waals surface area contributed by atoms with Crippen molar-refractivity contribution in [2.24, 2.45) is 0 Å². The zero-order valence-electron chi connectivity index (χ0n) is 17.2. The lowest BCUT2D eigenvalue weighted by atomic mass is 10.2. The first-order chi connectivity index (χ1) is 14.9. The van der Waals surface area contributed by atoms with Crippen molar-refractivity contribution in [3.05, 3.63) is 82.5 Å². The Morgan fingerprint density at radius 3 is 2.45 bits per heavy atom. The molecule has 6 nitrogen and oxygen atoms in total. The van der Waals surface area contributed by atoms with Crippen LogP contribution < -0.4 is 4.74 Å². The van der Waals surface area contributed by atoms with E-state index in [-0.39, 0.29) is 30.0 Å². The average molecular weight is 435 g/mol. The van der Waals surface area contributed by atoms with Gasteiger partial charge in [0.05, 0.1) is 11.4 Å². The SMILES string of the molecule is Cc1cc(/C=C2\SC(=O)N(CCOc3ccccc3)C2=O)c(C)n1-c1ccc(O)cc1. The second-order valence-corrected chi connectivity index (χ2v) is 8.17. The van der Waals surface area contributed by atoms with E-state index >= 15 is 0 Å². The van der Waals surface area contributed by atoms with Gasteiger partial charge in [-0.05, 0) is 79.7 Å². The van der Waals surface area contributed by atoms with Gasteiger partial charge in [0.25, 0.3) is 11.1 Å². The highest BCUT2D eigenvalue weighted by Crippen LogP contribution is 2.33. The molecule has 158 valence electrons. The van der Waals surface area contributed by atoms with Gasteiger partial charge < -0.3 is 14.4 Å². The van der Waals surface area contributed by atoms with Gasteiger partial charge in [-0.15, -0.1) is 0 Å². The maximum atomic E-state index is 12.8. The summed E-state index contributed by atoms with van der Waals surface area (Å²) in [5.41, 5.74) is 3.72. The number of amides is 2. The molecule has 2 amide bonds. The van der Waals surface area contributed by atoms with Crippen LogP contribution in [0.4, 0.5) is 4.79 Å². The summed E-state index contributed by atoms with van der Waals surface area (Å²) in [6, 6.07) is 18.2. The Morgan fingerprint density at radius 1 is 1.03 bits per heavy atom. The van der Waals surface area contributed by atoms with Crippen LogP contribution >= 0.6 is 11.8 Å². The minimum atomic E-state index is -0.305. The zero-order valence-corrected chi connectivity index (χ0v) is 18.1. The third-order valence-electron chi connectivity index (χ3n) is 5.07. The number of ether oxygens (including phenoxy) is 1. The van der Waals surface area contributed by atoms with Gasteiger partial charge in [-0.25, -0.2) is 0 Å². The minimum Gasteiger partial charge on any atom is -0.508 e. The second kappa shape index (κ2) is 8.73. The number of rotatable bonds is 6. The molecule has 3 aromatic rings. The number of carbonyl (C=O) groups excluding carboxylic acids is 2. The molecule has 1 saturated heterocycles. The van der Waals surface area contributed by atoms with Crippen LogP contribution in [0.5, 0.6) is 11.5 Å². The molecule has 0 atom stereocenters. The number of benzene rings is 2. The summed E-state index contributed by atoms with van der Waals surface area (Å²) in [6.07, 6.45) is 1.77. The Labute approximate surface area is 184 Å². The maximum absolute atomic E-state index is 12.8. The topological polar surface area (TPSA) is 71.8 Å². The number of hydrogen-bond donors (Lipinski definition) is 1. The van der Waals surface area contributed by atoms with E-state index in [4.69, 9.17) is 4.74 Å². The van der Waals surface area contributed by atoms with Crippen molar-refractivity contribution >= 4 is 29.0 Å². The van der Waals surface area contributed by atoms with Crippen molar-refractivity contribution in [1.29, 1.82) is 0 Å². The number of phenolic OH excluding ortho intramolecular Hbond substituents is 1. The number of aryl methyl sites for hydroxylation is 1. The van der Waals surface area contributed by atoms with Crippen molar-refractivity contribution in [2.45, 2.75) is 13.8 Å². The Kier molecular flexibility index (Phi) is 5.86. The van der Waals surface area contributed by atoms with Gasteiger partial charge in [0.2, 0.25) is 0 Å². The van der Waals surface area contributed by atoms with Crippen molar-refractivity contribution in [3.63, 3.8) is 0 Å². The number of hydrogen-bond acceptors (Lipinski definition) is 5. The molecule has 2 aromatic carbocycles. The van der Waals surface area contributed by atoms with E-state index in [2.05, 4.69) is 0 Å². The number of carbonyl (C=O) groups is 2. The first kappa shape index (κ1) is 20.8. The molecule has 2 heterocycles. The summed E-state index contributed by atoms with van der Waals surface area (Å²) in [7, 11) is 0. The smallest absolute Gasteiger partial charge is 0.293 e. The van der Waals surface area contributed by atoms with Crippen molar-refractivity contribution < 1.29 is 19.4 Å². The van der Waals surface area contributed by atoms with E-state index in [1.54, 1.807) is 18.2 Å². The zero-order chi connectivity index (χ0) is 22.0. The molecular weight excluding hydrogens is 412 g/mol. The minimum absolute atomic E-state index is 0.198. The van der Waals surface area contributed by atoms with Crippen LogP contribution in [0.3, 0.4) is 0 Å². The van der Waals surface area contributed by atoms with Crippen molar-refractivity contribution in [2.75, 3.05) is 13.2 Å². The molecule has 0 radical (unpaired) electrons.